The monoisotopic (exact) mass is 2380 g/mol. The fourth-order valence-corrected chi connectivity index (χ4v) is 11.7. The summed E-state index contributed by atoms with van der Waals surface area (Å²) in [6, 6.07) is 120. The molecule has 20 rings (SSSR count). The van der Waals surface area contributed by atoms with Crippen molar-refractivity contribution in [3.05, 3.63) is 532 Å². The van der Waals surface area contributed by atoms with Gasteiger partial charge in [-0.15, -0.1) is 286 Å². The Morgan fingerprint density at radius 3 is 1.17 bits per heavy atom. The van der Waals surface area contributed by atoms with Gasteiger partial charge in [0, 0.05) is 139 Å². The third-order valence-electron chi connectivity index (χ3n) is 17.8. The van der Waals surface area contributed by atoms with Crippen molar-refractivity contribution in [2.45, 2.75) is 27.7 Å². The van der Waals surface area contributed by atoms with Crippen molar-refractivity contribution in [2.24, 2.45) is 0 Å². The number of nitrogens with zero attached hydrogens (tertiary/aromatic N) is 8. The summed E-state index contributed by atoms with van der Waals surface area (Å²) in [4.78, 5) is 34.1. The smallest absolute Gasteiger partial charge is 0.0836 e. The Kier molecular flexibility index (Phi) is 31.3. The Hall–Kier alpha value is -13.6. The number of aryl methyl sites for hydroxylation is 4. The van der Waals surface area contributed by atoms with Crippen LogP contribution in [0.15, 0.2) is 462 Å². The van der Waals surface area contributed by atoms with Gasteiger partial charge >= 0.3 is 0 Å². The molecule has 0 N–H and O–H groups in total. The molecule has 0 aliphatic heterocycles. The summed E-state index contributed by atoms with van der Waals surface area (Å²) >= 11 is 0. The molecule has 20 aromatic rings. The maximum atomic E-state index is 8.28. The fraction of sp³-hybridized carbons (Fsp3) is 0.0345. The molecule has 4 radical (unpaired) electrons. The molecule has 0 aliphatic carbocycles. The van der Waals surface area contributed by atoms with E-state index in [1.807, 2.05) is 293 Å². The largest absolute Gasteiger partial charge is 0.305 e. The van der Waals surface area contributed by atoms with Crippen molar-refractivity contribution in [1.82, 2.24) is 39.9 Å². The number of pyridine rings is 8. The molecule has 0 fully saturated rings. The zero-order chi connectivity index (χ0) is 102. The molecule has 0 saturated heterocycles. The van der Waals surface area contributed by atoms with Crippen molar-refractivity contribution in [3.63, 3.8) is 0 Å². The first-order chi connectivity index (χ1) is 69.0. The van der Waals surface area contributed by atoms with Crippen LogP contribution >= 0.6 is 0 Å². The molecule has 636 valence electrons. The normalized spacial score (nSPS) is 11.9. The summed E-state index contributed by atoms with van der Waals surface area (Å²) in [6.45, 7) is 7.70. The fourth-order valence-electron chi connectivity index (χ4n) is 11.7. The molecule has 12 aromatic carbocycles. The second-order valence-corrected chi connectivity index (χ2v) is 26.7. The van der Waals surface area contributed by atoms with Crippen LogP contribution in [0.2, 0.25) is 0 Å². The number of benzene rings is 12. The van der Waals surface area contributed by atoms with Crippen LogP contribution in [0.1, 0.15) is 48.4 Å². The number of hydrogen-bond acceptors (Lipinski definition) is 8. The molecule has 0 atom stereocenters. The molecule has 0 unspecified atom stereocenters. The molecular weight excluding hydrogens is 2270 g/mol. The van der Waals surface area contributed by atoms with E-state index in [-0.39, 0.29) is 121 Å². The van der Waals surface area contributed by atoms with Crippen molar-refractivity contribution in [2.75, 3.05) is 0 Å². The Labute approximate surface area is 834 Å². The first-order valence-corrected chi connectivity index (χ1v) is 39.2. The van der Waals surface area contributed by atoms with Gasteiger partial charge in [0.2, 0.25) is 0 Å². The standard InChI is InChI=1S/C18H14N.3C17H12N.3C12H10N.C11H8N.4Ir/c1-14-12-18(16-10-6-3-7-11-16)19-13-17(14)15-8-4-2-5-9-15;3*1-3-7-14(8-4-1)16-11-12-17(18-13-16)15-9-5-2-6-10-15;1-10-5-4-6-11(9-10)12-7-2-3-8-13-12;1-10-6-5-9-12(13-10)11-7-3-2-4-8-11;1-10-7-8-12(13-9-10)11-5-3-2-4-6-11;1-2-6-10(7-3-1)11-8-4-5-9-12-11;;;;/h2-10,12-13H,1H3;3*1-9,11-13H;2-8H,1H3;2-7,9H,1H3;2-5,7-9H,1H3;1-6,8-9H;;;;/q8*-1;;;;/i;1D,2D,3D,4D,5D,6D,7D,8D,9D,11D,12D,13D;;;2D,3D,4D,5D,6D,7D,8D;;;;;;;. The average Bonchev–Trinajstić information content (AvgIpc) is 0.744. The van der Waals surface area contributed by atoms with Gasteiger partial charge in [-0.2, -0.15) is 0 Å². The van der Waals surface area contributed by atoms with Crippen molar-refractivity contribution >= 4 is 0 Å². The van der Waals surface area contributed by atoms with E-state index in [0.29, 0.717) is 5.56 Å². The van der Waals surface area contributed by atoms with E-state index >= 15 is 0 Å². The van der Waals surface area contributed by atoms with E-state index in [1.165, 1.54) is 33.4 Å². The van der Waals surface area contributed by atoms with Crippen LogP contribution in [0, 0.1) is 76.2 Å². The Morgan fingerprint density at radius 1 is 0.250 bits per heavy atom. The van der Waals surface area contributed by atoms with E-state index in [4.69, 9.17) is 26.0 Å². The number of rotatable bonds is 12. The van der Waals surface area contributed by atoms with Crippen molar-refractivity contribution in [1.29, 1.82) is 0 Å². The topological polar surface area (TPSA) is 103 Å². The molecule has 8 nitrogen and oxygen atoms in total. The minimum atomic E-state index is -0.676. The van der Waals surface area contributed by atoms with Gasteiger partial charge in [-0.05, 0) is 140 Å². The molecule has 0 aliphatic rings. The van der Waals surface area contributed by atoms with Gasteiger partial charge in [0.05, 0.1) is 16.4 Å². The molecule has 8 heterocycles. The summed E-state index contributed by atoms with van der Waals surface area (Å²) in [5.41, 5.74) is 21.1. The summed E-state index contributed by atoms with van der Waals surface area (Å²) in [7, 11) is 0. The van der Waals surface area contributed by atoms with Crippen LogP contribution in [0.5, 0.6) is 0 Å². The van der Waals surface area contributed by atoms with Crippen LogP contribution in [0.4, 0.5) is 0 Å². The summed E-state index contributed by atoms with van der Waals surface area (Å²) in [6.07, 6.45) is 8.28. The van der Waals surface area contributed by atoms with E-state index < -0.39 is 108 Å². The second-order valence-electron chi connectivity index (χ2n) is 26.7. The van der Waals surface area contributed by atoms with Crippen molar-refractivity contribution in [3.8, 4) is 135 Å². The average molecular weight is 2380 g/mol. The SMILES string of the molecule is Cc1cc(-c2[c-]cccc2)ncc1-c1ccccc1.Cc1ccc(-c2[c-]cccc2)nc1.Cc1cccc(-c2[c-]cccc2)n1.[2H]c1[c-]c(-c2nc([2H])c(-c3c([2H])c([2H])c([2H])c([2H])c3[2H])c([2H])c2[2H])c([2H])c([2H])c1[2H].[2H]c1nc(-c2[c-]c(C)c([2H])c([2H])c2[2H])c([2H])c([2H])c1[2H].[Ir].[Ir].[Ir].[Ir].[c-]1ccccc1-c1ccc(-c2ccccc2)cn1.[c-]1ccccc1-c1ccc(-c2ccccc2)cn1.[c-]1ccccc1-c1ccccn1. The molecule has 0 saturated carbocycles. The Balaban J connectivity index is 0.000000189. The third kappa shape index (κ3) is 31.2. The van der Waals surface area contributed by atoms with Gasteiger partial charge < -0.3 is 39.9 Å². The van der Waals surface area contributed by atoms with Crippen LogP contribution in [0.25, 0.3) is 135 Å². The van der Waals surface area contributed by atoms with Gasteiger partial charge in [-0.1, -0.05) is 219 Å². The molecule has 0 amide bonds. The Bertz CT molecular complexity index is 7310. The second kappa shape index (κ2) is 54.4. The zero-order valence-corrected chi connectivity index (χ0v) is 78.9. The van der Waals surface area contributed by atoms with Gasteiger partial charge in [0.15, 0.2) is 0 Å². The maximum Gasteiger partial charge on any atom is 0.0836 e. The predicted octanol–water partition coefficient (Wildman–Crippen LogP) is 28.3. The van der Waals surface area contributed by atoms with Crippen LogP contribution in [0.3, 0.4) is 0 Å². The van der Waals surface area contributed by atoms with Crippen LogP contribution in [-0.2, 0) is 80.4 Å². The summed E-state index contributed by atoms with van der Waals surface area (Å²) < 4.78 is 148. The minimum absolute atomic E-state index is 0. The van der Waals surface area contributed by atoms with Gasteiger partial charge in [0.25, 0.3) is 0 Å². The van der Waals surface area contributed by atoms with E-state index in [9.17, 15) is 0 Å². The molecule has 12 heteroatoms. The first kappa shape index (κ1) is 73.6. The summed E-state index contributed by atoms with van der Waals surface area (Å²) in [5.74, 6) is 0. The van der Waals surface area contributed by atoms with Gasteiger partial charge in [0.1, 0.15) is 0 Å². The molecule has 0 bridgehead atoms. The van der Waals surface area contributed by atoms with Gasteiger partial charge in [-0.25, -0.2) is 0 Å². The molecular formula is C116H88Ir4N8-8. The quantitative estimate of drug-likeness (QED) is 0.111. The summed E-state index contributed by atoms with van der Waals surface area (Å²) in [5, 5.41) is 0. The predicted molar refractivity (Wildman–Crippen MR) is 509 cm³/mol. The van der Waals surface area contributed by atoms with Crippen molar-refractivity contribution < 1.29 is 106 Å². The maximum absolute atomic E-state index is 8.28. The Morgan fingerprint density at radius 2 is 0.695 bits per heavy atom. The molecule has 0 spiro atoms. The number of aromatic nitrogens is 8. The molecule has 128 heavy (non-hydrogen) atoms. The van der Waals surface area contributed by atoms with E-state index in [0.717, 1.165) is 84.4 Å². The van der Waals surface area contributed by atoms with Gasteiger partial charge in [-0.3, -0.25) is 0 Å². The zero-order valence-electron chi connectivity index (χ0n) is 88.3. The van der Waals surface area contributed by atoms with E-state index in [2.05, 4.69) is 156 Å². The molecule has 8 aromatic heterocycles. The third-order valence-corrected chi connectivity index (χ3v) is 17.8. The van der Waals surface area contributed by atoms with Crippen LogP contribution in [-0.4, -0.2) is 39.9 Å². The first-order valence-electron chi connectivity index (χ1n) is 48.7. The minimum Gasteiger partial charge on any atom is -0.305 e. The number of hydrogen-bond donors (Lipinski definition) is 0. The van der Waals surface area contributed by atoms with E-state index in [1.54, 1.807) is 13.1 Å². The van der Waals surface area contributed by atoms with Crippen LogP contribution < -0.4 is 0 Å².